The van der Waals surface area contributed by atoms with Gasteiger partial charge in [0, 0.05) is 6.20 Å². The van der Waals surface area contributed by atoms with E-state index in [1.165, 1.54) is 4.57 Å². The van der Waals surface area contributed by atoms with Gasteiger partial charge in [0.15, 0.2) is 11.2 Å². The molecule has 0 unspecified atom stereocenters. The van der Waals surface area contributed by atoms with Crippen molar-refractivity contribution >= 4 is 11.2 Å². The highest BCUT2D eigenvalue weighted by Gasteiger charge is 2.09. The number of hydrogen-bond donors (Lipinski definition) is 0. The van der Waals surface area contributed by atoms with E-state index in [0.29, 0.717) is 35.7 Å². The number of rotatable bonds is 4. The third-order valence-corrected chi connectivity index (χ3v) is 2.99. The zero-order chi connectivity index (χ0) is 14.7. The van der Waals surface area contributed by atoms with Crippen molar-refractivity contribution in [3.8, 4) is 11.8 Å². The molecule has 0 saturated carbocycles. The molecule has 0 bridgehead atoms. The Kier molecular flexibility index (Phi) is 3.39. The molecule has 6 nitrogen and oxygen atoms in total. The Hall–Kier alpha value is -3.07. The van der Waals surface area contributed by atoms with E-state index in [-0.39, 0.29) is 0 Å². The fourth-order valence-corrected chi connectivity index (χ4v) is 1.98. The van der Waals surface area contributed by atoms with E-state index in [9.17, 15) is 4.79 Å². The molecule has 0 atom stereocenters. The van der Waals surface area contributed by atoms with Crippen LogP contribution in [0.3, 0.4) is 0 Å². The lowest BCUT2D eigenvalue weighted by Crippen LogP contribution is -2.19. The summed E-state index contributed by atoms with van der Waals surface area (Å²) in [4.78, 5) is 15.9. The second kappa shape index (κ2) is 5.51. The number of aromatic nitrogens is 2. The molecule has 1 aromatic carbocycles. The van der Waals surface area contributed by atoms with Crippen LogP contribution in [0.4, 0.5) is 0 Å². The lowest BCUT2D eigenvalue weighted by Gasteiger charge is -2.06. The SMILES string of the molecule is N#Cc1ccc(OCCn2c(=O)oc3cccnc32)cc1. The average Bonchev–Trinajstić information content (AvgIpc) is 2.84. The molecule has 21 heavy (non-hydrogen) atoms. The third-order valence-electron chi connectivity index (χ3n) is 2.99. The van der Waals surface area contributed by atoms with Gasteiger partial charge >= 0.3 is 5.76 Å². The Morgan fingerprint density at radius 3 is 2.86 bits per heavy atom. The second-order valence-corrected chi connectivity index (χ2v) is 4.33. The number of ether oxygens (including phenoxy) is 1. The zero-order valence-corrected chi connectivity index (χ0v) is 11.0. The van der Waals surface area contributed by atoms with Crippen LogP contribution >= 0.6 is 0 Å². The molecule has 0 aliphatic carbocycles. The van der Waals surface area contributed by atoms with Crippen LogP contribution in [-0.2, 0) is 6.54 Å². The number of hydrogen-bond acceptors (Lipinski definition) is 5. The van der Waals surface area contributed by atoms with Crippen molar-refractivity contribution in [2.45, 2.75) is 6.54 Å². The van der Waals surface area contributed by atoms with Crippen molar-refractivity contribution in [2.75, 3.05) is 6.61 Å². The minimum Gasteiger partial charge on any atom is -0.492 e. The standard InChI is InChI=1S/C15H11N3O3/c16-10-11-3-5-12(6-4-11)20-9-8-18-14-13(21-15(18)19)2-1-7-17-14/h1-7H,8-9H2. The van der Waals surface area contributed by atoms with E-state index in [1.807, 2.05) is 6.07 Å². The highest BCUT2D eigenvalue weighted by Crippen LogP contribution is 2.12. The first-order chi connectivity index (χ1) is 10.3. The molecule has 3 rings (SSSR count). The maximum absolute atomic E-state index is 11.7. The van der Waals surface area contributed by atoms with Crippen molar-refractivity contribution in [3.63, 3.8) is 0 Å². The molecule has 0 fully saturated rings. The van der Waals surface area contributed by atoms with Crippen molar-refractivity contribution in [1.82, 2.24) is 9.55 Å². The van der Waals surface area contributed by atoms with Crippen molar-refractivity contribution in [2.24, 2.45) is 0 Å². The van der Waals surface area contributed by atoms with Gasteiger partial charge in [0.2, 0.25) is 0 Å². The lowest BCUT2D eigenvalue weighted by molar-refractivity contribution is 0.294. The molecular formula is C15H11N3O3. The van der Waals surface area contributed by atoms with E-state index in [2.05, 4.69) is 4.98 Å². The van der Waals surface area contributed by atoms with Crippen LogP contribution in [0, 0.1) is 11.3 Å². The first-order valence-corrected chi connectivity index (χ1v) is 6.35. The molecule has 104 valence electrons. The van der Waals surface area contributed by atoms with Gasteiger partial charge in [-0.25, -0.2) is 9.78 Å². The molecule has 0 amide bonds. The lowest BCUT2D eigenvalue weighted by atomic mass is 10.2. The van der Waals surface area contributed by atoms with Crippen LogP contribution in [0.5, 0.6) is 5.75 Å². The number of nitrogens with zero attached hydrogens (tertiary/aromatic N) is 3. The molecule has 0 aliphatic heterocycles. The first kappa shape index (κ1) is 12.9. The molecule has 3 aromatic rings. The van der Waals surface area contributed by atoms with Crippen molar-refractivity contribution in [3.05, 3.63) is 58.7 Å². The third kappa shape index (κ3) is 2.62. The Labute approximate surface area is 119 Å². The molecule has 0 spiro atoms. The van der Waals surface area contributed by atoms with E-state index in [4.69, 9.17) is 14.4 Å². The van der Waals surface area contributed by atoms with Gasteiger partial charge in [-0.15, -0.1) is 0 Å². The van der Waals surface area contributed by atoms with E-state index in [0.717, 1.165) is 0 Å². The van der Waals surface area contributed by atoms with Gasteiger partial charge in [0.05, 0.1) is 18.2 Å². The molecule has 0 aliphatic rings. The van der Waals surface area contributed by atoms with E-state index < -0.39 is 5.76 Å². The minimum absolute atomic E-state index is 0.303. The fourth-order valence-electron chi connectivity index (χ4n) is 1.98. The maximum Gasteiger partial charge on any atom is 0.421 e. The summed E-state index contributed by atoms with van der Waals surface area (Å²) in [5.74, 6) is 0.190. The summed E-state index contributed by atoms with van der Waals surface area (Å²) >= 11 is 0. The summed E-state index contributed by atoms with van der Waals surface area (Å²) in [6, 6.07) is 12.2. The monoisotopic (exact) mass is 281 g/mol. The van der Waals surface area contributed by atoms with Crippen LogP contribution in [0.15, 0.2) is 51.8 Å². The van der Waals surface area contributed by atoms with Crippen LogP contribution in [-0.4, -0.2) is 16.2 Å². The molecule has 6 heteroatoms. The Balaban J connectivity index is 1.70. The summed E-state index contributed by atoms with van der Waals surface area (Å²) < 4.78 is 12.1. The molecule has 0 saturated heterocycles. The molecule has 2 aromatic heterocycles. The number of nitriles is 1. The molecule has 2 heterocycles. The van der Waals surface area contributed by atoms with Crippen LogP contribution in [0.2, 0.25) is 0 Å². The Bertz CT molecular complexity index is 856. The smallest absolute Gasteiger partial charge is 0.421 e. The van der Waals surface area contributed by atoms with Gasteiger partial charge < -0.3 is 9.15 Å². The van der Waals surface area contributed by atoms with Crippen molar-refractivity contribution in [1.29, 1.82) is 5.26 Å². The van der Waals surface area contributed by atoms with Crippen molar-refractivity contribution < 1.29 is 9.15 Å². The molecular weight excluding hydrogens is 270 g/mol. The van der Waals surface area contributed by atoms with Gasteiger partial charge in [0.1, 0.15) is 12.4 Å². The fraction of sp³-hybridized carbons (Fsp3) is 0.133. The number of benzene rings is 1. The minimum atomic E-state index is -0.452. The first-order valence-electron chi connectivity index (χ1n) is 6.35. The van der Waals surface area contributed by atoms with E-state index >= 15 is 0 Å². The molecule has 0 radical (unpaired) electrons. The number of pyridine rings is 1. The topological polar surface area (TPSA) is 81.0 Å². The van der Waals surface area contributed by atoms with Gasteiger partial charge in [-0.3, -0.25) is 4.57 Å². The summed E-state index contributed by atoms with van der Waals surface area (Å²) in [6.07, 6.45) is 1.61. The average molecular weight is 281 g/mol. The quantitative estimate of drug-likeness (QED) is 0.730. The molecule has 0 N–H and O–H groups in total. The zero-order valence-electron chi connectivity index (χ0n) is 11.0. The largest absolute Gasteiger partial charge is 0.492 e. The highest BCUT2D eigenvalue weighted by molar-refractivity contribution is 5.67. The number of fused-ring (bicyclic) bond motifs is 1. The predicted molar refractivity (Wildman–Crippen MR) is 74.9 cm³/mol. The summed E-state index contributed by atoms with van der Waals surface area (Å²) in [6.45, 7) is 0.639. The van der Waals surface area contributed by atoms with E-state index in [1.54, 1.807) is 42.6 Å². The highest BCUT2D eigenvalue weighted by atomic mass is 16.5. The van der Waals surface area contributed by atoms with Gasteiger partial charge in [-0.05, 0) is 36.4 Å². The maximum atomic E-state index is 11.7. The van der Waals surface area contributed by atoms with Crippen LogP contribution < -0.4 is 10.5 Å². The predicted octanol–water partition coefficient (Wildman–Crippen LogP) is 1.94. The summed E-state index contributed by atoms with van der Waals surface area (Å²) in [5.41, 5.74) is 1.54. The normalized spacial score (nSPS) is 10.4. The second-order valence-electron chi connectivity index (χ2n) is 4.33. The van der Waals surface area contributed by atoms with Crippen LogP contribution in [0.25, 0.3) is 11.2 Å². The van der Waals surface area contributed by atoms with Gasteiger partial charge in [-0.1, -0.05) is 0 Å². The Morgan fingerprint density at radius 2 is 2.10 bits per heavy atom. The van der Waals surface area contributed by atoms with Crippen LogP contribution in [0.1, 0.15) is 5.56 Å². The summed E-state index contributed by atoms with van der Waals surface area (Å²) in [7, 11) is 0. The van der Waals surface area contributed by atoms with Gasteiger partial charge in [-0.2, -0.15) is 5.26 Å². The number of oxazole rings is 1. The Morgan fingerprint density at radius 1 is 1.29 bits per heavy atom. The summed E-state index contributed by atoms with van der Waals surface area (Å²) in [5, 5.41) is 8.71. The van der Waals surface area contributed by atoms with Gasteiger partial charge in [0.25, 0.3) is 0 Å².